The van der Waals surface area contributed by atoms with Crippen LogP contribution in [-0.4, -0.2) is 31.1 Å². The third-order valence-electron chi connectivity index (χ3n) is 5.88. The van der Waals surface area contributed by atoms with E-state index in [9.17, 15) is 15.0 Å². The average molecular weight is 422 g/mol. The van der Waals surface area contributed by atoms with E-state index in [2.05, 4.69) is 17.1 Å². The normalized spacial score (nSPS) is 11.3. The van der Waals surface area contributed by atoms with Crippen molar-refractivity contribution in [3.05, 3.63) is 57.4 Å². The Balaban J connectivity index is 1.97. The first-order chi connectivity index (χ1) is 14.2. The van der Waals surface area contributed by atoms with E-state index >= 15 is 0 Å². The summed E-state index contributed by atoms with van der Waals surface area (Å²) in [6.07, 6.45) is -0.151. The fraction of sp³-hybridized carbons (Fsp3) is 0.217. The topological polar surface area (TPSA) is 94.0 Å². The summed E-state index contributed by atoms with van der Waals surface area (Å²) in [5.41, 5.74) is 7.43. The summed E-state index contributed by atoms with van der Waals surface area (Å²) in [4.78, 5) is 11.7. The molecule has 0 fully saturated rings. The van der Waals surface area contributed by atoms with Crippen molar-refractivity contribution in [3.63, 3.8) is 0 Å². The van der Waals surface area contributed by atoms with E-state index in [1.807, 2.05) is 32.0 Å². The molecule has 0 atom stereocenters. The van der Waals surface area contributed by atoms with Crippen molar-refractivity contribution in [2.24, 2.45) is 0 Å². The van der Waals surface area contributed by atoms with E-state index in [1.54, 1.807) is 19.1 Å². The molecule has 2 aromatic heterocycles. The molecule has 0 aliphatic heterocycles. The second-order valence-electron chi connectivity index (χ2n) is 7.54. The quantitative estimate of drug-likeness (QED) is 0.302. The Morgan fingerprint density at radius 1 is 1.13 bits per heavy atom. The molecule has 154 valence electrons. The van der Waals surface area contributed by atoms with Crippen LogP contribution < -0.4 is 0 Å². The lowest BCUT2D eigenvalue weighted by Gasteiger charge is -2.11. The number of aryl methyl sites for hydroxylation is 3. The SMILES string of the molecule is CCc1cc(-c2[nH][nH]c(=S)c2-c2ccc3c(c2)c(C)c(C)n3C(=O)O)c(O)cc1C. The monoisotopic (exact) mass is 421 g/mol. The molecule has 2 heterocycles. The van der Waals surface area contributed by atoms with E-state index in [4.69, 9.17) is 12.2 Å². The summed E-state index contributed by atoms with van der Waals surface area (Å²) in [7, 11) is 0. The number of carboxylic acid groups (broad SMARTS) is 1. The molecule has 4 rings (SSSR count). The maximum atomic E-state index is 11.7. The van der Waals surface area contributed by atoms with Gasteiger partial charge in [-0.25, -0.2) is 9.36 Å². The molecule has 0 bridgehead atoms. The first-order valence-corrected chi connectivity index (χ1v) is 10.1. The van der Waals surface area contributed by atoms with Gasteiger partial charge >= 0.3 is 6.09 Å². The molecule has 6 nitrogen and oxygen atoms in total. The van der Waals surface area contributed by atoms with Gasteiger partial charge in [0.2, 0.25) is 0 Å². The summed E-state index contributed by atoms with van der Waals surface area (Å²) >= 11 is 5.55. The van der Waals surface area contributed by atoms with Gasteiger partial charge in [0.1, 0.15) is 10.4 Å². The van der Waals surface area contributed by atoms with E-state index < -0.39 is 6.09 Å². The zero-order valence-electron chi connectivity index (χ0n) is 17.3. The summed E-state index contributed by atoms with van der Waals surface area (Å²) in [6.45, 7) is 7.77. The first-order valence-electron chi connectivity index (χ1n) is 9.73. The molecule has 0 radical (unpaired) electrons. The Kier molecular flexibility index (Phi) is 4.78. The van der Waals surface area contributed by atoms with Crippen LogP contribution in [-0.2, 0) is 6.42 Å². The highest BCUT2D eigenvalue weighted by molar-refractivity contribution is 7.71. The standard InChI is InChI=1S/C23H23N3O3S/c1-5-14-9-17(19(27)8-11(14)2)21-20(22(30)25-24-21)15-6-7-18-16(10-15)12(3)13(4)26(18)23(28)29/h6-10,27H,5H2,1-4H3,(H,28,29)(H2,24,25,30). The minimum Gasteiger partial charge on any atom is -0.507 e. The van der Waals surface area contributed by atoms with Crippen molar-refractivity contribution in [1.82, 2.24) is 14.8 Å². The molecule has 4 N–H and O–H groups in total. The van der Waals surface area contributed by atoms with Gasteiger partial charge in [-0.2, -0.15) is 0 Å². The largest absolute Gasteiger partial charge is 0.507 e. The average Bonchev–Trinajstić information content (AvgIpc) is 3.19. The van der Waals surface area contributed by atoms with Crippen molar-refractivity contribution in [2.45, 2.75) is 34.1 Å². The Morgan fingerprint density at radius 2 is 1.87 bits per heavy atom. The number of H-pyrrole nitrogens is 2. The summed E-state index contributed by atoms with van der Waals surface area (Å²) in [5, 5.41) is 27.2. The predicted octanol–water partition coefficient (Wildman–Crippen LogP) is 6.08. The Hall–Kier alpha value is -3.32. The van der Waals surface area contributed by atoms with Crippen LogP contribution in [0.5, 0.6) is 5.75 Å². The van der Waals surface area contributed by atoms with E-state index in [0.29, 0.717) is 27.1 Å². The molecule has 7 heteroatoms. The predicted molar refractivity (Wildman–Crippen MR) is 121 cm³/mol. The van der Waals surface area contributed by atoms with E-state index in [1.165, 1.54) is 4.57 Å². The second-order valence-corrected chi connectivity index (χ2v) is 7.95. The minimum atomic E-state index is -1.00. The number of benzene rings is 2. The number of aromatic hydroxyl groups is 1. The fourth-order valence-corrected chi connectivity index (χ4v) is 4.40. The van der Waals surface area contributed by atoms with Crippen molar-refractivity contribution in [1.29, 1.82) is 0 Å². The lowest BCUT2D eigenvalue weighted by atomic mass is 9.95. The number of rotatable bonds is 3. The highest BCUT2D eigenvalue weighted by Gasteiger charge is 2.20. The minimum absolute atomic E-state index is 0.182. The Labute approximate surface area is 178 Å². The number of aromatic nitrogens is 3. The van der Waals surface area contributed by atoms with Crippen LogP contribution >= 0.6 is 12.2 Å². The molecular weight excluding hydrogens is 398 g/mol. The van der Waals surface area contributed by atoms with Gasteiger partial charge in [-0.15, -0.1) is 0 Å². The van der Waals surface area contributed by atoms with Crippen molar-refractivity contribution >= 4 is 29.2 Å². The Morgan fingerprint density at radius 3 is 2.53 bits per heavy atom. The number of phenols is 1. The van der Waals surface area contributed by atoms with Gasteiger partial charge in [0, 0.05) is 22.2 Å². The molecule has 0 saturated heterocycles. The maximum Gasteiger partial charge on any atom is 0.416 e. The molecule has 30 heavy (non-hydrogen) atoms. The lowest BCUT2D eigenvalue weighted by Crippen LogP contribution is -2.09. The van der Waals surface area contributed by atoms with Crippen LogP contribution in [0, 0.1) is 25.4 Å². The summed E-state index contributed by atoms with van der Waals surface area (Å²) in [5.74, 6) is 0.182. The van der Waals surface area contributed by atoms with Crippen LogP contribution in [0.2, 0.25) is 0 Å². The Bertz CT molecular complexity index is 1370. The summed E-state index contributed by atoms with van der Waals surface area (Å²) in [6, 6.07) is 9.38. The molecule has 2 aromatic carbocycles. The molecule has 0 saturated carbocycles. The van der Waals surface area contributed by atoms with Gasteiger partial charge in [-0.3, -0.25) is 10.2 Å². The van der Waals surface area contributed by atoms with Gasteiger partial charge in [0.05, 0.1) is 11.2 Å². The van der Waals surface area contributed by atoms with Gasteiger partial charge in [-0.1, -0.05) is 25.2 Å². The van der Waals surface area contributed by atoms with Gasteiger partial charge in [0.15, 0.2) is 0 Å². The smallest absolute Gasteiger partial charge is 0.416 e. The zero-order chi connectivity index (χ0) is 21.7. The number of nitrogens with zero attached hydrogens (tertiary/aromatic N) is 1. The number of phenolic OH excluding ortho intramolecular Hbond substituents is 1. The highest BCUT2D eigenvalue weighted by atomic mass is 32.1. The van der Waals surface area contributed by atoms with Gasteiger partial charge in [0.25, 0.3) is 0 Å². The first kappa shape index (κ1) is 20.0. The van der Waals surface area contributed by atoms with E-state index in [0.717, 1.165) is 39.6 Å². The maximum absolute atomic E-state index is 11.7. The highest BCUT2D eigenvalue weighted by Crippen LogP contribution is 2.39. The van der Waals surface area contributed by atoms with Gasteiger partial charge < -0.3 is 10.2 Å². The van der Waals surface area contributed by atoms with Crippen LogP contribution in [0.4, 0.5) is 4.79 Å². The van der Waals surface area contributed by atoms with Crippen LogP contribution in [0.1, 0.15) is 29.3 Å². The molecule has 0 aliphatic carbocycles. The summed E-state index contributed by atoms with van der Waals surface area (Å²) < 4.78 is 1.82. The molecule has 0 spiro atoms. The number of fused-ring (bicyclic) bond motifs is 1. The van der Waals surface area contributed by atoms with Crippen LogP contribution in [0.25, 0.3) is 33.3 Å². The number of carbonyl (C=O) groups is 1. The van der Waals surface area contributed by atoms with Crippen LogP contribution in [0.3, 0.4) is 0 Å². The van der Waals surface area contributed by atoms with Crippen LogP contribution in [0.15, 0.2) is 30.3 Å². The third-order valence-corrected chi connectivity index (χ3v) is 6.19. The van der Waals surface area contributed by atoms with Crippen molar-refractivity contribution in [2.75, 3.05) is 0 Å². The number of hydrogen-bond acceptors (Lipinski definition) is 3. The lowest BCUT2D eigenvalue weighted by molar-refractivity contribution is 0.197. The van der Waals surface area contributed by atoms with Gasteiger partial charge in [-0.05, 0) is 73.7 Å². The number of nitrogens with one attached hydrogen (secondary N) is 2. The number of aromatic amines is 2. The van der Waals surface area contributed by atoms with Crippen molar-refractivity contribution < 1.29 is 15.0 Å². The molecular formula is C23H23N3O3S. The zero-order valence-corrected chi connectivity index (χ0v) is 18.1. The molecule has 0 amide bonds. The molecule has 0 unspecified atom stereocenters. The third kappa shape index (κ3) is 2.93. The number of hydrogen-bond donors (Lipinski definition) is 4. The fourth-order valence-electron chi connectivity index (χ4n) is 4.13. The second kappa shape index (κ2) is 7.18. The van der Waals surface area contributed by atoms with Crippen molar-refractivity contribution in [3.8, 4) is 28.1 Å². The molecule has 0 aliphatic rings. The molecule has 4 aromatic rings. The van der Waals surface area contributed by atoms with E-state index in [-0.39, 0.29) is 5.75 Å².